The third-order valence-electron chi connectivity index (χ3n) is 2.49. The molecule has 0 saturated heterocycles. The second-order valence-electron chi connectivity index (χ2n) is 5.80. The maximum atomic E-state index is 12.5. The minimum absolute atomic E-state index is 0.0700. The van der Waals surface area contributed by atoms with Crippen molar-refractivity contribution in [1.29, 1.82) is 0 Å². The van der Waals surface area contributed by atoms with Crippen molar-refractivity contribution in [2.75, 3.05) is 11.9 Å². The van der Waals surface area contributed by atoms with Crippen LogP contribution in [0.4, 0.5) is 19.0 Å². The van der Waals surface area contributed by atoms with Crippen LogP contribution in [0.25, 0.3) is 0 Å². The Hall–Kier alpha value is -0.680. The summed E-state index contributed by atoms with van der Waals surface area (Å²) in [7, 11) is 0. The van der Waals surface area contributed by atoms with Gasteiger partial charge in [-0.1, -0.05) is 32.4 Å². The summed E-state index contributed by atoms with van der Waals surface area (Å²) in [5.41, 5.74) is -0.795. The van der Waals surface area contributed by atoms with Crippen molar-refractivity contribution in [3.8, 4) is 0 Å². The summed E-state index contributed by atoms with van der Waals surface area (Å²) in [6.45, 7) is 6.57. The maximum Gasteiger partial charge on any atom is 0.417 e. The lowest BCUT2D eigenvalue weighted by Crippen LogP contribution is -2.21. The van der Waals surface area contributed by atoms with E-state index in [9.17, 15) is 13.2 Å². The van der Waals surface area contributed by atoms with Crippen molar-refractivity contribution in [2.45, 2.75) is 38.7 Å². The fraction of sp³-hybridized carbons (Fsp3) is 0.615. The maximum absolute atomic E-state index is 12.5. The zero-order valence-corrected chi connectivity index (χ0v) is 13.0. The fourth-order valence-corrected chi connectivity index (χ4v) is 2.44. The second kappa shape index (κ2) is 6.39. The number of aromatic nitrogens is 1. The Morgan fingerprint density at radius 2 is 1.90 bits per heavy atom. The normalized spacial score (nSPS) is 14.2. The van der Waals surface area contributed by atoms with Crippen molar-refractivity contribution >= 4 is 29.0 Å². The zero-order chi connectivity index (χ0) is 15.6. The van der Waals surface area contributed by atoms with Gasteiger partial charge in [0.2, 0.25) is 0 Å². The summed E-state index contributed by atoms with van der Waals surface area (Å²) >= 11 is 11.9. The highest BCUT2D eigenvalue weighted by Crippen LogP contribution is 2.32. The molecule has 0 radical (unpaired) electrons. The Balaban J connectivity index is 2.66. The van der Waals surface area contributed by atoms with Crippen LogP contribution in [-0.4, -0.2) is 16.9 Å². The standard InChI is InChI=1S/C13H17Cl2F3N2/c1-12(2,3)5-9(14)7-20-11-10(15)4-8(6-19-11)13(16,17)18/h4,6,9H,5,7H2,1-3H3,(H,19,20). The van der Waals surface area contributed by atoms with Gasteiger partial charge in [0.25, 0.3) is 0 Å². The number of pyridine rings is 1. The van der Waals surface area contributed by atoms with E-state index in [4.69, 9.17) is 23.2 Å². The van der Waals surface area contributed by atoms with Crippen LogP contribution < -0.4 is 5.32 Å². The molecular weight excluding hydrogens is 312 g/mol. The molecule has 0 aromatic carbocycles. The molecule has 0 saturated carbocycles. The number of nitrogens with one attached hydrogen (secondary N) is 1. The summed E-state index contributed by atoms with van der Waals surface area (Å²) in [5.74, 6) is 0.208. The van der Waals surface area contributed by atoms with E-state index in [0.29, 0.717) is 6.54 Å². The SMILES string of the molecule is CC(C)(C)CC(Cl)CNc1ncc(C(F)(F)F)cc1Cl. The number of hydrogen-bond acceptors (Lipinski definition) is 2. The second-order valence-corrected chi connectivity index (χ2v) is 6.82. The topological polar surface area (TPSA) is 24.9 Å². The van der Waals surface area contributed by atoms with Crippen LogP contribution in [0.5, 0.6) is 0 Å². The summed E-state index contributed by atoms with van der Waals surface area (Å²) in [5, 5.41) is 2.64. The smallest absolute Gasteiger partial charge is 0.367 e. The molecule has 0 aliphatic rings. The molecule has 0 bridgehead atoms. The highest BCUT2D eigenvalue weighted by molar-refractivity contribution is 6.33. The number of rotatable bonds is 4. The number of alkyl halides is 4. The third-order valence-corrected chi connectivity index (χ3v) is 3.09. The van der Waals surface area contributed by atoms with Gasteiger partial charge in [0.1, 0.15) is 5.82 Å². The monoisotopic (exact) mass is 328 g/mol. The van der Waals surface area contributed by atoms with Gasteiger partial charge in [-0.05, 0) is 17.9 Å². The molecule has 2 nitrogen and oxygen atoms in total. The Bertz CT molecular complexity index is 456. The van der Waals surface area contributed by atoms with Crippen LogP contribution in [0, 0.1) is 5.41 Å². The lowest BCUT2D eigenvalue weighted by molar-refractivity contribution is -0.137. The first-order valence-electron chi connectivity index (χ1n) is 6.10. The highest BCUT2D eigenvalue weighted by atomic mass is 35.5. The molecule has 7 heteroatoms. The fourth-order valence-electron chi connectivity index (χ4n) is 1.67. The molecular formula is C13H17Cl2F3N2. The molecule has 0 fully saturated rings. The minimum Gasteiger partial charge on any atom is -0.367 e. The van der Waals surface area contributed by atoms with Crippen LogP contribution in [0.1, 0.15) is 32.8 Å². The first-order chi connectivity index (χ1) is 8.99. The Morgan fingerprint density at radius 3 is 2.35 bits per heavy atom. The van der Waals surface area contributed by atoms with E-state index >= 15 is 0 Å². The number of nitrogens with zero attached hydrogens (tertiary/aromatic N) is 1. The van der Waals surface area contributed by atoms with E-state index in [1.165, 1.54) is 0 Å². The molecule has 0 aliphatic heterocycles. The predicted octanol–water partition coefficient (Wildman–Crippen LogP) is 5.21. The van der Waals surface area contributed by atoms with Gasteiger partial charge in [-0.3, -0.25) is 0 Å². The summed E-state index contributed by atoms with van der Waals surface area (Å²) in [6, 6.07) is 0.851. The van der Waals surface area contributed by atoms with Crippen molar-refractivity contribution in [1.82, 2.24) is 4.98 Å². The van der Waals surface area contributed by atoms with Gasteiger partial charge in [0, 0.05) is 12.7 Å². The molecule has 114 valence electrons. The molecule has 0 spiro atoms. The molecule has 1 heterocycles. The van der Waals surface area contributed by atoms with Crippen LogP contribution >= 0.6 is 23.2 Å². The molecule has 0 amide bonds. The first-order valence-corrected chi connectivity index (χ1v) is 6.91. The van der Waals surface area contributed by atoms with E-state index in [1.54, 1.807) is 0 Å². The molecule has 1 aromatic heterocycles. The van der Waals surface area contributed by atoms with E-state index in [-0.39, 0.29) is 21.6 Å². The largest absolute Gasteiger partial charge is 0.417 e. The van der Waals surface area contributed by atoms with Gasteiger partial charge < -0.3 is 5.32 Å². The van der Waals surface area contributed by atoms with Crippen LogP contribution in [-0.2, 0) is 6.18 Å². The number of halogens is 5. The Morgan fingerprint density at radius 1 is 1.30 bits per heavy atom. The van der Waals surface area contributed by atoms with Crippen LogP contribution in [0.15, 0.2) is 12.3 Å². The molecule has 0 aliphatic carbocycles. The van der Waals surface area contributed by atoms with E-state index in [2.05, 4.69) is 31.1 Å². The van der Waals surface area contributed by atoms with Crippen LogP contribution in [0.3, 0.4) is 0 Å². The Kier molecular flexibility index (Phi) is 5.55. The predicted molar refractivity (Wildman–Crippen MR) is 76.5 cm³/mol. The van der Waals surface area contributed by atoms with Crippen LogP contribution in [0.2, 0.25) is 5.02 Å². The average molecular weight is 329 g/mol. The quantitative estimate of drug-likeness (QED) is 0.767. The van der Waals surface area contributed by atoms with Crippen molar-refractivity contribution in [3.63, 3.8) is 0 Å². The molecule has 1 aromatic rings. The van der Waals surface area contributed by atoms with Gasteiger partial charge >= 0.3 is 6.18 Å². The lowest BCUT2D eigenvalue weighted by Gasteiger charge is -2.22. The summed E-state index contributed by atoms with van der Waals surface area (Å²) in [6.07, 6.45) is -2.93. The zero-order valence-electron chi connectivity index (χ0n) is 11.5. The van der Waals surface area contributed by atoms with Gasteiger partial charge in [0.05, 0.1) is 16.0 Å². The lowest BCUT2D eigenvalue weighted by atomic mass is 9.90. The first kappa shape index (κ1) is 17.4. The highest BCUT2D eigenvalue weighted by Gasteiger charge is 2.31. The molecule has 1 unspecified atom stereocenters. The van der Waals surface area contributed by atoms with Gasteiger partial charge in [0.15, 0.2) is 0 Å². The van der Waals surface area contributed by atoms with E-state index in [1.807, 2.05) is 0 Å². The molecule has 1 rings (SSSR count). The molecule has 1 N–H and O–H groups in total. The summed E-state index contributed by atoms with van der Waals surface area (Å²) in [4.78, 5) is 3.69. The van der Waals surface area contributed by atoms with E-state index < -0.39 is 11.7 Å². The third kappa shape index (κ3) is 5.75. The molecule has 1 atom stereocenters. The van der Waals surface area contributed by atoms with Crippen molar-refractivity contribution in [2.24, 2.45) is 5.41 Å². The van der Waals surface area contributed by atoms with Crippen molar-refractivity contribution < 1.29 is 13.2 Å². The van der Waals surface area contributed by atoms with Crippen molar-refractivity contribution in [3.05, 3.63) is 22.8 Å². The Labute approximate surface area is 126 Å². The number of anilines is 1. The number of hydrogen-bond donors (Lipinski definition) is 1. The average Bonchev–Trinajstić information content (AvgIpc) is 2.23. The molecule has 20 heavy (non-hydrogen) atoms. The van der Waals surface area contributed by atoms with Gasteiger partial charge in [-0.25, -0.2) is 4.98 Å². The van der Waals surface area contributed by atoms with Gasteiger partial charge in [-0.15, -0.1) is 11.6 Å². The van der Waals surface area contributed by atoms with E-state index in [0.717, 1.165) is 18.7 Å². The summed E-state index contributed by atoms with van der Waals surface area (Å²) < 4.78 is 37.4. The minimum atomic E-state index is -4.45. The van der Waals surface area contributed by atoms with Gasteiger partial charge in [-0.2, -0.15) is 13.2 Å².